The summed E-state index contributed by atoms with van der Waals surface area (Å²) in [7, 11) is 2.01. The normalized spacial score (nSPS) is 12.6. The van der Waals surface area contributed by atoms with E-state index >= 15 is 0 Å². The molecule has 2 aromatic rings. The van der Waals surface area contributed by atoms with Crippen LogP contribution in [0.4, 0.5) is 0 Å². The molecule has 6 nitrogen and oxygen atoms in total. The molecule has 0 fully saturated rings. The number of likely N-dealkylation sites (N-methyl/N-ethyl adjacent to an activating group) is 1. The maximum atomic E-state index is 12.4. The van der Waals surface area contributed by atoms with Gasteiger partial charge in [-0.05, 0) is 50.8 Å². The lowest BCUT2D eigenvalue weighted by Crippen LogP contribution is -2.35. The number of rotatable bonds is 9. The first-order valence-corrected chi connectivity index (χ1v) is 10.7. The molecule has 0 bridgehead atoms. The van der Waals surface area contributed by atoms with E-state index in [2.05, 4.69) is 5.32 Å². The summed E-state index contributed by atoms with van der Waals surface area (Å²) in [5, 5.41) is 2.85. The molecule has 0 aliphatic heterocycles. The summed E-state index contributed by atoms with van der Waals surface area (Å²) in [6.07, 6.45) is -0.0705. The van der Waals surface area contributed by atoms with E-state index in [1.165, 1.54) is 0 Å². The Balaban J connectivity index is 1.92. The lowest BCUT2D eigenvalue weighted by atomic mass is 10.1. The first-order chi connectivity index (χ1) is 13.2. The van der Waals surface area contributed by atoms with Crippen LogP contribution in [0.2, 0.25) is 0 Å². The molecule has 0 spiro atoms. The summed E-state index contributed by atoms with van der Waals surface area (Å²) >= 11 is 0. The molecule has 0 aliphatic rings. The molecule has 1 atom stereocenters. The Morgan fingerprint density at radius 2 is 1.68 bits per heavy atom. The third-order valence-corrected chi connectivity index (χ3v) is 6.33. The summed E-state index contributed by atoms with van der Waals surface area (Å²) in [5.74, 6) is 0.277. The van der Waals surface area contributed by atoms with E-state index in [1.54, 1.807) is 31.4 Å². The number of nitrogens with zero attached hydrogens (tertiary/aromatic N) is 1. The lowest BCUT2D eigenvalue weighted by molar-refractivity contribution is -0.120. The second-order valence-corrected chi connectivity index (χ2v) is 9.05. The third-order valence-electron chi connectivity index (χ3n) is 4.59. The predicted molar refractivity (Wildman–Crippen MR) is 110 cm³/mol. The van der Waals surface area contributed by atoms with Crippen molar-refractivity contribution in [3.8, 4) is 5.75 Å². The lowest BCUT2D eigenvalue weighted by Gasteiger charge is -2.25. The topological polar surface area (TPSA) is 75.7 Å². The fraction of sp³-hybridized carbons (Fsp3) is 0.381. The van der Waals surface area contributed by atoms with Crippen molar-refractivity contribution in [1.29, 1.82) is 0 Å². The molecule has 152 valence electrons. The minimum Gasteiger partial charge on any atom is -0.497 e. The summed E-state index contributed by atoms with van der Waals surface area (Å²) < 4.78 is 29.9. The summed E-state index contributed by atoms with van der Waals surface area (Å²) in [6, 6.07) is 14.3. The number of sulfone groups is 1. The van der Waals surface area contributed by atoms with E-state index < -0.39 is 9.84 Å². The molecule has 7 heteroatoms. The van der Waals surface area contributed by atoms with Gasteiger partial charge >= 0.3 is 0 Å². The monoisotopic (exact) mass is 404 g/mol. The summed E-state index contributed by atoms with van der Waals surface area (Å²) in [5.41, 5.74) is 2.03. The van der Waals surface area contributed by atoms with Crippen molar-refractivity contribution >= 4 is 15.7 Å². The van der Waals surface area contributed by atoms with Gasteiger partial charge in [0.15, 0.2) is 9.84 Å². The molecule has 0 radical (unpaired) electrons. The second kappa shape index (κ2) is 9.71. The molecule has 0 saturated carbocycles. The van der Waals surface area contributed by atoms with Gasteiger partial charge in [-0.3, -0.25) is 4.79 Å². The highest BCUT2D eigenvalue weighted by molar-refractivity contribution is 7.91. The van der Waals surface area contributed by atoms with Gasteiger partial charge in [0.05, 0.1) is 23.8 Å². The van der Waals surface area contributed by atoms with E-state index in [0.717, 1.165) is 16.9 Å². The molecule has 0 aromatic heterocycles. The van der Waals surface area contributed by atoms with Gasteiger partial charge in [0.25, 0.3) is 0 Å². The fourth-order valence-electron chi connectivity index (χ4n) is 2.81. The molecule has 0 heterocycles. The first kappa shape index (κ1) is 21.9. The minimum atomic E-state index is -3.47. The minimum absolute atomic E-state index is 0.0245. The number of ether oxygens (including phenoxy) is 1. The molecule has 0 aliphatic carbocycles. The zero-order valence-corrected chi connectivity index (χ0v) is 17.6. The van der Waals surface area contributed by atoms with Gasteiger partial charge in [-0.2, -0.15) is 0 Å². The Morgan fingerprint density at radius 3 is 2.21 bits per heavy atom. The van der Waals surface area contributed by atoms with Crippen molar-refractivity contribution in [3.63, 3.8) is 0 Å². The van der Waals surface area contributed by atoms with Crippen LogP contribution in [-0.4, -0.2) is 52.7 Å². The van der Waals surface area contributed by atoms with Gasteiger partial charge in [-0.15, -0.1) is 0 Å². The Hall–Kier alpha value is -2.38. The zero-order valence-electron chi connectivity index (χ0n) is 16.8. The average Bonchev–Trinajstić information content (AvgIpc) is 2.67. The molecule has 28 heavy (non-hydrogen) atoms. The van der Waals surface area contributed by atoms with Crippen LogP contribution in [0.1, 0.15) is 23.6 Å². The standard InChI is InChI=1S/C21H28N2O4S/c1-16-5-11-19(12-6-16)28(25,26)14-13-21(24)22-15-20(23(2)3)17-7-9-18(27-4)10-8-17/h5-12,20H,13-15H2,1-4H3,(H,22,24). The van der Waals surface area contributed by atoms with Gasteiger partial charge in [0, 0.05) is 13.0 Å². The third kappa shape index (κ3) is 6.07. The zero-order chi connectivity index (χ0) is 20.7. The highest BCUT2D eigenvalue weighted by Crippen LogP contribution is 2.21. The van der Waals surface area contributed by atoms with Crippen molar-refractivity contribution in [1.82, 2.24) is 10.2 Å². The molecular weight excluding hydrogens is 376 g/mol. The van der Waals surface area contributed by atoms with Crippen molar-refractivity contribution in [2.75, 3.05) is 33.5 Å². The average molecular weight is 405 g/mol. The Kier molecular flexibility index (Phi) is 7.60. The maximum absolute atomic E-state index is 12.4. The number of hydrogen-bond acceptors (Lipinski definition) is 5. The van der Waals surface area contributed by atoms with Crippen molar-refractivity contribution < 1.29 is 17.9 Å². The van der Waals surface area contributed by atoms with Crippen LogP contribution in [0.25, 0.3) is 0 Å². The van der Waals surface area contributed by atoms with Crippen LogP contribution in [0.5, 0.6) is 5.75 Å². The Morgan fingerprint density at radius 1 is 1.07 bits per heavy atom. The predicted octanol–water partition coefficient (Wildman–Crippen LogP) is 2.59. The highest BCUT2D eigenvalue weighted by atomic mass is 32.2. The van der Waals surface area contributed by atoms with E-state index in [0.29, 0.717) is 6.54 Å². The van der Waals surface area contributed by atoms with Gasteiger partial charge in [0.1, 0.15) is 5.75 Å². The van der Waals surface area contributed by atoms with Crippen molar-refractivity contribution in [2.24, 2.45) is 0 Å². The van der Waals surface area contributed by atoms with E-state index in [4.69, 9.17) is 4.74 Å². The molecule has 1 amide bonds. The van der Waals surface area contributed by atoms with E-state index in [9.17, 15) is 13.2 Å². The van der Waals surface area contributed by atoms with Gasteiger partial charge in [-0.25, -0.2) is 8.42 Å². The summed E-state index contributed by atoms with van der Waals surface area (Å²) in [4.78, 5) is 14.5. The number of carbonyl (C=O) groups excluding carboxylic acids is 1. The maximum Gasteiger partial charge on any atom is 0.221 e. The fourth-order valence-corrected chi connectivity index (χ4v) is 4.05. The van der Waals surface area contributed by atoms with Gasteiger partial charge < -0.3 is 15.0 Å². The van der Waals surface area contributed by atoms with Crippen LogP contribution in [-0.2, 0) is 14.6 Å². The Bertz CT molecular complexity index is 876. The number of amides is 1. The number of hydrogen-bond donors (Lipinski definition) is 1. The largest absolute Gasteiger partial charge is 0.497 e. The molecular formula is C21H28N2O4S. The van der Waals surface area contributed by atoms with Crippen LogP contribution < -0.4 is 10.1 Å². The van der Waals surface area contributed by atoms with Crippen LogP contribution >= 0.6 is 0 Å². The van der Waals surface area contributed by atoms with Crippen molar-refractivity contribution in [2.45, 2.75) is 24.3 Å². The Labute approximate surface area is 167 Å². The SMILES string of the molecule is COc1ccc(C(CNC(=O)CCS(=O)(=O)c2ccc(C)cc2)N(C)C)cc1. The number of benzene rings is 2. The summed E-state index contributed by atoms with van der Waals surface area (Å²) in [6.45, 7) is 2.29. The number of methoxy groups -OCH3 is 1. The number of nitrogens with one attached hydrogen (secondary N) is 1. The van der Waals surface area contributed by atoms with Crippen LogP contribution in [0, 0.1) is 6.92 Å². The molecule has 1 unspecified atom stereocenters. The van der Waals surface area contributed by atoms with Crippen molar-refractivity contribution in [3.05, 3.63) is 59.7 Å². The number of aryl methyl sites for hydroxylation is 1. The molecule has 2 rings (SSSR count). The molecule has 1 N–H and O–H groups in total. The first-order valence-electron chi connectivity index (χ1n) is 9.09. The highest BCUT2D eigenvalue weighted by Gasteiger charge is 2.18. The van der Waals surface area contributed by atoms with E-state index in [1.807, 2.05) is 50.2 Å². The van der Waals surface area contributed by atoms with Gasteiger partial charge in [0.2, 0.25) is 5.91 Å². The number of carbonyl (C=O) groups is 1. The van der Waals surface area contributed by atoms with Crippen LogP contribution in [0.15, 0.2) is 53.4 Å². The smallest absolute Gasteiger partial charge is 0.221 e. The quantitative estimate of drug-likeness (QED) is 0.695. The van der Waals surface area contributed by atoms with Gasteiger partial charge in [-0.1, -0.05) is 29.8 Å². The molecule has 2 aromatic carbocycles. The second-order valence-electron chi connectivity index (χ2n) is 6.94. The van der Waals surface area contributed by atoms with Crippen LogP contribution in [0.3, 0.4) is 0 Å². The van der Waals surface area contributed by atoms with E-state index in [-0.39, 0.29) is 29.0 Å². The molecule has 0 saturated heterocycles.